The van der Waals surface area contributed by atoms with E-state index < -0.39 is 0 Å². The van der Waals surface area contributed by atoms with Crippen molar-refractivity contribution in [2.75, 3.05) is 11.1 Å². The summed E-state index contributed by atoms with van der Waals surface area (Å²) < 4.78 is 0. The van der Waals surface area contributed by atoms with Gasteiger partial charge in [0.25, 0.3) is 5.91 Å². The number of amides is 1. The second kappa shape index (κ2) is 7.74. The summed E-state index contributed by atoms with van der Waals surface area (Å²) >= 11 is 1.33. The van der Waals surface area contributed by atoms with Crippen molar-refractivity contribution in [3.8, 4) is 0 Å². The van der Waals surface area contributed by atoms with Crippen LogP contribution in [0, 0.1) is 13.8 Å². The summed E-state index contributed by atoms with van der Waals surface area (Å²) in [6, 6.07) is 14.6. The number of hydrogen-bond acceptors (Lipinski definition) is 6. The van der Waals surface area contributed by atoms with Gasteiger partial charge in [0, 0.05) is 22.5 Å². The average molecular weight is 430 g/mol. The molecule has 0 spiro atoms. The Hall–Kier alpha value is -3.32. The Morgan fingerprint density at radius 3 is 2.58 bits per heavy atom. The standard InChI is InChI=1S/C24H23N5OS/c1-13-10-14(2)27-24(26-13)29-22(30)21-20(25)18-12-17-11-16(15-6-4-3-5-7-15)8-9-19(17)28-23(18)31-21/h3-7,10,12,16H,8-9,11,25H2,1-2H3,(H,26,27,29,30). The molecule has 0 saturated heterocycles. The molecule has 1 amide bonds. The molecule has 1 aromatic carbocycles. The molecule has 1 aliphatic carbocycles. The van der Waals surface area contributed by atoms with Crippen molar-refractivity contribution in [3.05, 3.63) is 75.6 Å². The number of aromatic nitrogens is 3. The molecule has 1 unspecified atom stereocenters. The fourth-order valence-electron chi connectivity index (χ4n) is 4.31. The summed E-state index contributed by atoms with van der Waals surface area (Å²) in [5, 5.41) is 3.63. The van der Waals surface area contributed by atoms with Gasteiger partial charge < -0.3 is 5.73 Å². The topological polar surface area (TPSA) is 93.8 Å². The third-order valence-corrected chi connectivity index (χ3v) is 6.88. The Labute approximate surface area is 184 Å². The number of nitrogens with two attached hydrogens (primary N) is 1. The number of anilines is 2. The summed E-state index contributed by atoms with van der Waals surface area (Å²) in [7, 11) is 0. The van der Waals surface area contributed by atoms with Crippen LogP contribution in [0.5, 0.6) is 0 Å². The molecule has 1 aliphatic rings. The van der Waals surface area contributed by atoms with Gasteiger partial charge in [-0.25, -0.2) is 15.0 Å². The van der Waals surface area contributed by atoms with Crippen LogP contribution in [-0.2, 0) is 12.8 Å². The van der Waals surface area contributed by atoms with Crippen LogP contribution in [0.2, 0.25) is 0 Å². The van der Waals surface area contributed by atoms with E-state index in [2.05, 4.69) is 45.6 Å². The summed E-state index contributed by atoms with van der Waals surface area (Å²) in [5.74, 6) is 0.472. The predicted octanol–water partition coefficient (Wildman–Crippen LogP) is 4.81. The van der Waals surface area contributed by atoms with Gasteiger partial charge in [-0.1, -0.05) is 30.3 Å². The van der Waals surface area contributed by atoms with E-state index in [4.69, 9.17) is 10.7 Å². The van der Waals surface area contributed by atoms with Gasteiger partial charge in [-0.05, 0) is 62.3 Å². The number of benzene rings is 1. The lowest BCUT2D eigenvalue weighted by Crippen LogP contribution is -2.15. The first-order chi connectivity index (χ1) is 15.0. The van der Waals surface area contributed by atoms with Crippen LogP contribution < -0.4 is 11.1 Å². The first-order valence-corrected chi connectivity index (χ1v) is 11.2. The van der Waals surface area contributed by atoms with Crippen LogP contribution in [0.15, 0.2) is 42.5 Å². The minimum atomic E-state index is -0.300. The predicted molar refractivity (Wildman–Crippen MR) is 125 cm³/mol. The maximum atomic E-state index is 12.9. The molecular formula is C24H23N5OS. The van der Waals surface area contributed by atoms with E-state index in [0.29, 0.717) is 16.5 Å². The molecule has 6 nitrogen and oxygen atoms in total. The zero-order valence-electron chi connectivity index (χ0n) is 17.5. The Balaban J connectivity index is 1.45. The highest BCUT2D eigenvalue weighted by molar-refractivity contribution is 7.21. The maximum absolute atomic E-state index is 12.9. The number of thiophene rings is 1. The molecule has 0 saturated carbocycles. The van der Waals surface area contributed by atoms with Crippen LogP contribution in [0.25, 0.3) is 10.2 Å². The summed E-state index contributed by atoms with van der Waals surface area (Å²) in [4.78, 5) is 27.6. The number of nitrogens with zero attached hydrogens (tertiary/aromatic N) is 3. The van der Waals surface area contributed by atoms with Crippen LogP contribution in [0.4, 0.5) is 11.6 Å². The van der Waals surface area contributed by atoms with Crippen molar-refractivity contribution >= 4 is 39.1 Å². The van der Waals surface area contributed by atoms with E-state index in [1.807, 2.05) is 26.0 Å². The fourth-order valence-corrected chi connectivity index (χ4v) is 5.30. The van der Waals surface area contributed by atoms with Crippen LogP contribution >= 0.6 is 11.3 Å². The quantitative estimate of drug-likeness (QED) is 0.487. The molecule has 3 N–H and O–H groups in total. The van der Waals surface area contributed by atoms with Crippen LogP contribution in [-0.4, -0.2) is 20.9 Å². The van der Waals surface area contributed by atoms with Gasteiger partial charge in [0.1, 0.15) is 9.71 Å². The number of nitrogen functional groups attached to an aromatic ring is 1. The number of aryl methyl sites for hydroxylation is 3. The van der Waals surface area contributed by atoms with Gasteiger partial charge in [0.2, 0.25) is 5.95 Å². The number of hydrogen-bond donors (Lipinski definition) is 2. The molecule has 3 aromatic heterocycles. The van der Waals surface area contributed by atoms with Crippen molar-refractivity contribution in [2.45, 2.75) is 39.0 Å². The largest absolute Gasteiger partial charge is 0.397 e. The smallest absolute Gasteiger partial charge is 0.270 e. The highest BCUT2D eigenvalue weighted by Crippen LogP contribution is 2.38. The van der Waals surface area contributed by atoms with Gasteiger partial charge in [0.15, 0.2) is 0 Å². The Morgan fingerprint density at radius 2 is 1.84 bits per heavy atom. The lowest BCUT2D eigenvalue weighted by atomic mass is 9.82. The van der Waals surface area contributed by atoms with Crippen molar-refractivity contribution < 1.29 is 4.79 Å². The maximum Gasteiger partial charge on any atom is 0.270 e. The molecule has 7 heteroatoms. The van der Waals surface area contributed by atoms with Gasteiger partial charge >= 0.3 is 0 Å². The van der Waals surface area contributed by atoms with Crippen LogP contribution in [0.1, 0.15) is 50.2 Å². The van der Waals surface area contributed by atoms with E-state index in [9.17, 15) is 4.79 Å². The second-order valence-electron chi connectivity index (χ2n) is 8.07. The molecule has 1 atom stereocenters. The zero-order valence-corrected chi connectivity index (χ0v) is 18.3. The second-order valence-corrected chi connectivity index (χ2v) is 9.07. The van der Waals surface area contributed by atoms with Gasteiger partial charge in [-0.3, -0.25) is 10.1 Å². The third-order valence-electron chi connectivity index (χ3n) is 5.77. The van der Waals surface area contributed by atoms with Gasteiger partial charge in [-0.15, -0.1) is 11.3 Å². The molecule has 3 heterocycles. The highest BCUT2D eigenvalue weighted by Gasteiger charge is 2.25. The average Bonchev–Trinajstić information content (AvgIpc) is 3.07. The molecule has 5 rings (SSSR count). The monoisotopic (exact) mass is 429 g/mol. The van der Waals surface area contributed by atoms with Crippen molar-refractivity contribution in [2.24, 2.45) is 0 Å². The lowest BCUT2D eigenvalue weighted by Gasteiger charge is -2.24. The van der Waals surface area contributed by atoms with Gasteiger partial charge in [0.05, 0.1) is 5.69 Å². The van der Waals surface area contributed by atoms with E-state index >= 15 is 0 Å². The minimum Gasteiger partial charge on any atom is -0.397 e. The summed E-state index contributed by atoms with van der Waals surface area (Å²) in [6.07, 6.45) is 2.95. The van der Waals surface area contributed by atoms with Crippen molar-refractivity contribution in [1.82, 2.24) is 15.0 Å². The zero-order chi connectivity index (χ0) is 21.5. The summed E-state index contributed by atoms with van der Waals surface area (Å²) in [5.41, 5.74) is 12.2. The molecule has 4 aromatic rings. The molecule has 0 bridgehead atoms. The van der Waals surface area contributed by atoms with Crippen molar-refractivity contribution in [1.29, 1.82) is 0 Å². The highest BCUT2D eigenvalue weighted by atomic mass is 32.1. The lowest BCUT2D eigenvalue weighted by molar-refractivity contribution is 0.103. The summed E-state index contributed by atoms with van der Waals surface area (Å²) in [6.45, 7) is 3.74. The number of rotatable bonds is 3. The van der Waals surface area contributed by atoms with Crippen molar-refractivity contribution in [3.63, 3.8) is 0 Å². The van der Waals surface area contributed by atoms with E-state index in [-0.39, 0.29) is 11.9 Å². The first kappa shape index (κ1) is 19.6. The van der Waals surface area contributed by atoms with E-state index in [0.717, 1.165) is 46.6 Å². The van der Waals surface area contributed by atoms with E-state index in [1.165, 1.54) is 22.5 Å². The third kappa shape index (κ3) is 3.77. The van der Waals surface area contributed by atoms with Gasteiger partial charge in [-0.2, -0.15) is 0 Å². The Bertz CT molecular complexity index is 1280. The first-order valence-electron chi connectivity index (χ1n) is 10.4. The molecule has 0 fully saturated rings. The Kier molecular flexibility index (Phi) is 4.90. The van der Waals surface area contributed by atoms with E-state index in [1.54, 1.807) is 0 Å². The number of fused-ring (bicyclic) bond motifs is 2. The molecule has 0 radical (unpaired) electrons. The Morgan fingerprint density at radius 1 is 1.10 bits per heavy atom. The SMILES string of the molecule is Cc1cc(C)nc(NC(=O)c2sc3nc4c(cc3c2N)CC(c2ccccc2)CC4)n1. The normalized spacial score (nSPS) is 15.6. The molecule has 31 heavy (non-hydrogen) atoms. The number of carbonyl (C=O) groups excluding carboxylic acids is 1. The minimum absolute atomic E-state index is 0.289. The number of pyridine rings is 1. The molecule has 0 aliphatic heterocycles. The number of nitrogens with one attached hydrogen (secondary N) is 1. The van der Waals surface area contributed by atoms with Crippen LogP contribution in [0.3, 0.4) is 0 Å². The molecule has 156 valence electrons. The fraction of sp³-hybridized carbons (Fsp3) is 0.250. The molecular weight excluding hydrogens is 406 g/mol. The number of carbonyl (C=O) groups is 1.